The van der Waals surface area contributed by atoms with Gasteiger partial charge < -0.3 is 14.2 Å². The van der Waals surface area contributed by atoms with Gasteiger partial charge in [-0.15, -0.1) is 0 Å². The Kier molecular flexibility index (Phi) is 3.51. The van der Waals surface area contributed by atoms with Crippen molar-refractivity contribution >= 4 is 11.8 Å². The number of furan rings is 1. The Balaban J connectivity index is 1.89. The van der Waals surface area contributed by atoms with Crippen molar-refractivity contribution in [3.05, 3.63) is 23.2 Å². The molecule has 2 amide bonds. The lowest BCUT2D eigenvalue weighted by Gasteiger charge is -2.30. The van der Waals surface area contributed by atoms with Crippen LogP contribution < -0.4 is 0 Å². The predicted octanol–water partition coefficient (Wildman–Crippen LogP) is 2.18. The molecule has 2 fully saturated rings. The number of rotatable bonds is 2. The topological polar surface area (TPSA) is 53.8 Å². The third kappa shape index (κ3) is 2.34. The quantitative estimate of drug-likeness (QED) is 0.839. The zero-order valence-electron chi connectivity index (χ0n) is 12.9. The van der Waals surface area contributed by atoms with E-state index < -0.39 is 0 Å². The fourth-order valence-corrected chi connectivity index (χ4v) is 3.60. The lowest BCUT2D eigenvalue weighted by molar-refractivity contribution is -0.140. The van der Waals surface area contributed by atoms with Gasteiger partial charge in [-0.3, -0.25) is 9.59 Å². The highest BCUT2D eigenvalue weighted by Crippen LogP contribution is 2.31. The smallest absolute Gasteiger partial charge is 0.245 e. The van der Waals surface area contributed by atoms with Crippen LogP contribution in [0.15, 0.2) is 10.5 Å². The van der Waals surface area contributed by atoms with Crippen LogP contribution in [0, 0.1) is 13.8 Å². The van der Waals surface area contributed by atoms with E-state index in [4.69, 9.17) is 4.42 Å². The summed E-state index contributed by atoms with van der Waals surface area (Å²) in [5, 5.41) is 0. The molecular formula is C16H22N2O3. The van der Waals surface area contributed by atoms with Crippen molar-refractivity contribution in [3.8, 4) is 0 Å². The van der Waals surface area contributed by atoms with Crippen LogP contribution in [-0.2, 0) is 9.59 Å². The monoisotopic (exact) mass is 290 g/mol. The Morgan fingerprint density at radius 2 is 2.05 bits per heavy atom. The minimum absolute atomic E-state index is 0.0525. The molecule has 2 aliphatic rings. The molecule has 3 rings (SSSR count). The van der Waals surface area contributed by atoms with Gasteiger partial charge in [0.05, 0.1) is 6.04 Å². The van der Waals surface area contributed by atoms with E-state index in [1.165, 1.54) is 0 Å². The second-order valence-corrected chi connectivity index (χ2v) is 6.07. The molecule has 2 aliphatic heterocycles. The molecule has 2 saturated heterocycles. The van der Waals surface area contributed by atoms with E-state index in [0.29, 0.717) is 13.0 Å². The van der Waals surface area contributed by atoms with Gasteiger partial charge in [0, 0.05) is 25.1 Å². The molecule has 2 atom stereocenters. The molecule has 5 heteroatoms. The van der Waals surface area contributed by atoms with E-state index >= 15 is 0 Å². The maximum Gasteiger partial charge on any atom is 0.245 e. The van der Waals surface area contributed by atoms with E-state index in [2.05, 4.69) is 0 Å². The van der Waals surface area contributed by atoms with Crippen LogP contribution in [-0.4, -0.2) is 40.7 Å². The van der Waals surface area contributed by atoms with Crippen LogP contribution in [0.2, 0.25) is 0 Å². The fraction of sp³-hybridized carbons (Fsp3) is 0.625. The largest absolute Gasteiger partial charge is 0.466 e. The number of carbonyl (C=O) groups is 2. The number of hydrogen-bond donors (Lipinski definition) is 0. The zero-order chi connectivity index (χ0) is 15.1. The predicted molar refractivity (Wildman–Crippen MR) is 77.7 cm³/mol. The van der Waals surface area contributed by atoms with Crippen molar-refractivity contribution in [3.63, 3.8) is 0 Å². The van der Waals surface area contributed by atoms with E-state index in [1.54, 1.807) is 4.90 Å². The lowest BCUT2D eigenvalue weighted by atomic mass is 10.1. The summed E-state index contributed by atoms with van der Waals surface area (Å²) >= 11 is 0. The van der Waals surface area contributed by atoms with Crippen molar-refractivity contribution in [2.75, 3.05) is 13.1 Å². The van der Waals surface area contributed by atoms with Gasteiger partial charge in [0.1, 0.15) is 17.6 Å². The van der Waals surface area contributed by atoms with Crippen molar-refractivity contribution in [2.45, 2.75) is 52.1 Å². The Morgan fingerprint density at radius 1 is 1.29 bits per heavy atom. The first-order chi connectivity index (χ1) is 9.99. The first kappa shape index (κ1) is 14.2. The molecule has 1 aromatic heterocycles. The first-order valence-electron chi connectivity index (χ1n) is 7.66. The summed E-state index contributed by atoms with van der Waals surface area (Å²) < 4.78 is 5.59. The molecule has 1 aromatic rings. The second-order valence-electron chi connectivity index (χ2n) is 6.07. The Bertz CT molecular complexity index is 578. The Hall–Kier alpha value is -1.78. The average Bonchev–Trinajstić information content (AvgIpc) is 3.02. The van der Waals surface area contributed by atoms with E-state index in [9.17, 15) is 9.59 Å². The number of amides is 2. The van der Waals surface area contributed by atoms with Crippen LogP contribution in [0.5, 0.6) is 0 Å². The number of nitrogens with zero attached hydrogens (tertiary/aromatic N) is 2. The lowest BCUT2D eigenvalue weighted by Crippen LogP contribution is -2.44. The maximum atomic E-state index is 12.8. The SMILES string of the molecule is Cc1cc(C(C)N2CCC(=O)N3CCCC3C2=O)c(C)o1. The third-order valence-electron chi connectivity index (χ3n) is 4.70. The normalized spacial score (nSPS) is 24.2. The molecule has 0 aliphatic carbocycles. The highest BCUT2D eigenvalue weighted by atomic mass is 16.3. The molecule has 5 nitrogen and oxygen atoms in total. The number of aryl methyl sites for hydroxylation is 2. The molecule has 21 heavy (non-hydrogen) atoms. The van der Waals surface area contributed by atoms with Crippen LogP contribution in [0.3, 0.4) is 0 Å². The summed E-state index contributed by atoms with van der Waals surface area (Å²) in [7, 11) is 0. The van der Waals surface area contributed by atoms with Crippen molar-refractivity contribution in [2.24, 2.45) is 0 Å². The fourth-order valence-electron chi connectivity index (χ4n) is 3.60. The standard InChI is InChI=1S/C16H22N2O3/c1-10-9-13(12(3)21-10)11(2)17-8-6-15(19)18-7-4-5-14(18)16(17)20/h9,11,14H,4-8H2,1-3H3. The molecule has 0 bridgehead atoms. The summed E-state index contributed by atoms with van der Waals surface area (Å²) in [5.41, 5.74) is 1.04. The third-order valence-corrected chi connectivity index (χ3v) is 4.70. The Labute approximate surface area is 124 Å². The highest BCUT2D eigenvalue weighted by molar-refractivity contribution is 5.90. The molecule has 0 saturated carbocycles. The molecule has 0 spiro atoms. The summed E-state index contributed by atoms with van der Waals surface area (Å²) in [6.45, 7) is 7.07. The van der Waals surface area contributed by atoms with Gasteiger partial charge in [-0.25, -0.2) is 0 Å². The Morgan fingerprint density at radius 3 is 2.71 bits per heavy atom. The average molecular weight is 290 g/mol. The number of fused-ring (bicyclic) bond motifs is 1. The van der Waals surface area contributed by atoms with Crippen molar-refractivity contribution in [1.29, 1.82) is 0 Å². The molecule has 2 unspecified atom stereocenters. The summed E-state index contributed by atoms with van der Waals surface area (Å²) in [6, 6.07) is 1.69. The number of hydrogen-bond acceptors (Lipinski definition) is 3. The molecular weight excluding hydrogens is 268 g/mol. The van der Waals surface area contributed by atoms with Crippen LogP contribution in [0.25, 0.3) is 0 Å². The van der Waals surface area contributed by atoms with Gasteiger partial charge in [-0.1, -0.05) is 0 Å². The second kappa shape index (κ2) is 5.20. The van der Waals surface area contributed by atoms with E-state index in [0.717, 1.165) is 36.5 Å². The minimum atomic E-state index is -0.254. The minimum Gasteiger partial charge on any atom is -0.466 e. The molecule has 3 heterocycles. The molecule has 0 aromatic carbocycles. The highest BCUT2D eigenvalue weighted by Gasteiger charge is 2.41. The summed E-state index contributed by atoms with van der Waals surface area (Å²) in [5.74, 6) is 1.91. The van der Waals surface area contributed by atoms with Crippen LogP contribution in [0.1, 0.15) is 49.3 Å². The van der Waals surface area contributed by atoms with Crippen LogP contribution in [0.4, 0.5) is 0 Å². The van der Waals surface area contributed by atoms with Crippen molar-refractivity contribution in [1.82, 2.24) is 9.80 Å². The molecule has 114 valence electrons. The van der Waals surface area contributed by atoms with Gasteiger partial charge in [0.25, 0.3) is 0 Å². The summed E-state index contributed by atoms with van der Waals surface area (Å²) in [4.78, 5) is 28.6. The zero-order valence-corrected chi connectivity index (χ0v) is 12.9. The molecule has 0 N–H and O–H groups in total. The molecule has 0 radical (unpaired) electrons. The summed E-state index contributed by atoms with van der Waals surface area (Å²) in [6.07, 6.45) is 2.13. The van der Waals surface area contributed by atoms with Crippen molar-refractivity contribution < 1.29 is 14.0 Å². The van der Waals surface area contributed by atoms with E-state index in [-0.39, 0.29) is 23.9 Å². The van der Waals surface area contributed by atoms with Gasteiger partial charge in [-0.05, 0) is 39.7 Å². The maximum absolute atomic E-state index is 12.8. The first-order valence-corrected chi connectivity index (χ1v) is 7.66. The van der Waals surface area contributed by atoms with Gasteiger partial charge in [0.2, 0.25) is 11.8 Å². The van der Waals surface area contributed by atoms with Gasteiger partial charge in [-0.2, -0.15) is 0 Å². The van der Waals surface area contributed by atoms with Gasteiger partial charge >= 0.3 is 0 Å². The van der Waals surface area contributed by atoms with Crippen LogP contribution >= 0.6 is 0 Å². The van der Waals surface area contributed by atoms with Gasteiger partial charge in [0.15, 0.2) is 0 Å². The number of carbonyl (C=O) groups excluding carboxylic acids is 2. The van der Waals surface area contributed by atoms with E-state index in [1.807, 2.05) is 31.7 Å².